The highest BCUT2D eigenvalue weighted by Gasteiger charge is 2.54. The number of nitrogens with zero attached hydrogens (tertiary/aromatic N) is 3. The van der Waals surface area contributed by atoms with Crippen LogP contribution < -0.4 is 10.2 Å². The molecule has 208 valence electrons. The third kappa shape index (κ3) is 5.85. The SMILES string of the molecule is O=C(CN1CN(c2ccccc2)C2(CCN(C(=O)c3ccccc3Br)CC2)C1=O)NCCc1ccc(Cl)cc1Cl. The fraction of sp³-hybridized carbons (Fsp3) is 0.300. The van der Waals surface area contributed by atoms with Crippen LogP contribution in [0.4, 0.5) is 5.69 Å². The van der Waals surface area contributed by atoms with Gasteiger partial charge in [0.1, 0.15) is 12.1 Å². The predicted molar refractivity (Wildman–Crippen MR) is 161 cm³/mol. The van der Waals surface area contributed by atoms with Crippen LogP contribution in [0.1, 0.15) is 28.8 Å². The number of para-hydroxylation sites is 1. The van der Waals surface area contributed by atoms with Crippen molar-refractivity contribution in [3.8, 4) is 0 Å². The predicted octanol–water partition coefficient (Wildman–Crippen LogP) is 5.40. The van der Waals surface area contributed by atoms with Crippen LogP contribution in [0.3, 0.4) is 0 Å². The van der Waals surface area contributed by atoms with Gasteiger partial charge in [-0.15, -0.1) is 0 Å². The number of benzene rings is 3. The summed E-state index contributed by atoms with van der Waals surface area (Å²) in [5.74, 6) is -0.374. The van der Waals surface area contributed by atoms with Crippen LogP contribution in [0.15, 0.2) is 77.3 Å². The molecule has 2 heterocycles. The van der Waals surface area contributed by atoms with Gasteiger partial charge in [0, 0.05) is 39.8 Å². The van der Waals surface area contributed by atoms with Gasteiger partial charge in [-0.25, -0.2) is 0 Å². The van der Waals surface area contributed by atoms with Crippen molar-refractivity contribution in [2.75, 3.05) is 37.7 Å². The minimum absolute atomic E-state index is 0.0438. The number of halogens is 3. The summed E-state index contributed by atoms with van der Waals surface area (Å²) in [5, 5.41) is 4.03. The zero-order valence-corrected chi connectivity index (χ0v) is 24.9. The third-order valence-corrected chi connectivity index (χ3v) is 8.91. The smallest absolute Gasteiger partial charge is 0.255 e. The zero-order chi connectivity index (χ0) is 28.3. The average Bonchev–Trinajstić information content (AvgIpc) is 3.21. The molecule has 40 heavy (non-hydrogen) atoms. The van der Waals surface area contributed by atoms with Gasteiger partial charge >= 0.3 is 0 Å². The lowest BCUT2D eigenvalue weighted by molar-refractivity contribution is -0.137. The van der Waals surface area contributed by atoms with E-state index < -0.39 is 5.54 Å². The lowest BCUT2D eigenvalue weighted by atomic mass is 9.85. The number of nitrogens with one attached hydrogen (secondary N) is 1. The van der Waals surface area contributed by atoms with E-state index in [1.54, 1.807) is 28.0 Å². The van der Waals surface area contributed by atoms with Crippen molar-refractivity contribution in [2.45, 2.75) is 24.8 Å². The molecule has 3 amide bonds. The van der Waals surface area contributed by atoms with Crippen molar-refractivity contribution in [3.63, 3.8) is 0 Å². The summed E-state index contributed by atoms with van der Waals surface area (Å²) >= 11 is 15.7. The number of piperidine rings is 1. The van der Waals surface area contributed by atoms with Gasteiger partial charge in [0.05, 0.1) is 12.2 Å². The first-order chi connectivity index (χ1) is 19.3. The Labute approximate surface area is 252 Å². The molecule has 5 rings (SSSR count). The van der Waals surface area contributed by atoms with Crippen LogP contribution in [-0.2, 0) is 16.0 Å². The molecule has 1 N–H and O–H groups in total. The standard InChI is InChI=1S/C30H29BrCl2N4O3/c31-25-9-5-4-8-24(25)28(39)35-16-13-30(14-17-35)29(40)36(20-37(30)23-6-2-1-3-7-23)19-27(38)34-15-12-21-10-11-22(32)18-26(21)33/h1-11,18H,12-17,19-20H2,(H,34,38). The van der Waals surface area contributed by atoms with E-state index in [2.05, 4.69) is 26.1 Å². The minimum Gasteiger partial charge on any atom is -0.354 e. The quantitative estimate of drug-likeness (QED) is 0.375. The monoisotopic (exact) mass is 642 g/mol. The molecule has 10 heteroatoms. The first kappa shape index (κ1) is 28.5. The Hall–Kier alpha value is -3.07. The fourth-order valence-electron chi connectivity index (χ4n) is 5.50. The number of amides is 3. The van der Waals surface area contributed by atoms with Gasteiger partial charge in [0.25, 0.3) is 11.8 Å². The minimum atomic E-state index is -0.816. The summed E-state index contributed by atoms with van der Waals surface area (Å²) in [4.78, 5) is 45.6. The Morgan fingerprint density at radius 2 is 1.65 bits per heavy atom. The number of anilines is 1. The van der Waals surface area contributed by atoms with Crippen LogP contribution in [0.5, 0.6) is 0 Å². The maximum absolute atomic E-state index is 13.9. The highest BCUT2D eigenvalue weighted by Crippen LogP contribution is 2.40. The van der Waals surface area contributed by atoms with Gasteiger partial charge in [-0.3, -0.25) is 14.4 Å². The summed E-state index contributed by atoms with van der Waals surface area (Å²) in [5.41, 5.74) is 1.60. The van der Waals surface area contributed by atoms with Crippen molar-refractivity contribution in [3.05, 3.63) is 98.4 Å². The van der Waals surface area contributed by atoms with Crippen LogP contribution >= 0.6 is 39.1 Å². The number of hydrogen-bond acceptors (Lipinski definition) is 4. The molecular weight excluding hydrogens is 615 g/mol. The van der Waals surface area contributed by atoms with E-state index in [-0.39, 0.29) is 24.3 Å². The second-order valence-corrected chi connectivity index (χ2v) is 11.7. The molecule has 0 saturated carbocycles. The zero-order valence-electron chi connectivity index (χ0n) is 21.8. The molecule has 7 nitrogen and oxygen atoms in total. The van der Waals surface area contributed by atoms with Gasteiger partial charge in [-0.1, -0.05) is 59.6 Å². The van der Waals surface area contributed by atoms with Crippen molar-refractivity contribution in [1.29, 1.82) is 0 Å². The van der Waals surface area contributed by atoms with E-state index in [1.165, 1.54) is 0 Å². The number of likely N-dealkylation sites (tertiary alicyclic amines) is 1. The molecule has 2 saturated heterocycles. The molecule has 0 bridgehead atoms. The average molecular weight is 644 g/mol. The Bertz CT molecular complexity index is 1410. The maximum atomic E-state index is 13.9. The fourth-order valence-corrected chi connectivity index (χ4v) is 6.45. The Morgan fingerprint density at radius 3 is 2.35 bits per heavy atom. The number of carbonyl (C=O) groups excluding carboxylic acids is 3. The first-order valence-corrected chi connectivity index (χ1v) is 14.7. The topological polar surface area (TPSA) is 73.0 Å². The third-order valence-electron chi connectivity index (χ3n) is 7.63. The summed E-state index contributed by atoms with van der Waals surface area (Å²) in [6, 6.07) is 22.4. The number of carbonyl (C=O) groups is 3. The molecule has 0 unspecified atom stereocenters. The Morgan fingerprint density at radius 1 is 0.950 bits per heavy atom. The lowest BCUT2D eigenvalue weighted by Gasteiger charge is -2.43. The van der Waals surface area contributed by atoms with E-state index in [0.717, 1.165) is 15.7 Å². The van der Waals surface area contributed by atoms with Gasteiger partial charge < -0.3 is 20.0 Å². The van der Waals surface area contributed by atoms with Gasteiger partial charge in [-0.2, -0.15) is 0 Å². The van der Waals surface area contributed by atoms with Gasteiger partial charge in [0.2, 0.25) is 5.91 Å². The molecule has 0 atom stereocenters. The first-order valence-electron chi connectivity index (χ1n) is 13.1. The molecule has 2 aliphatic rings. The molecule has 0 aromatic heterocycles. The van der Waals surface area contributed by atoms with E-state index in [0.29, 0.717) is 61.2 Å². The number of hydrogen-bond donors (Lipinski definition) is 1. The van der Waals surface area contributed by atoms with Crippen molar-refractivity contribution in [2.24, 2.45) is 0 Å². The summed E-state index contributed by atoms with van der Waals surface area (Å²) < 4.78 is 0.749. The van der Waals surface area contributed by atoms with E-state index in [1.807, 2.05) is 54.6 Å². The molecule has 2 fully saturated rings. The highest BCUT2D eigenvalue weighted by atomic mass is 79.9. The summed E-state index contributed by atoms with van der Waals surface area (Å²) in [6.07, 6.45) is 1.51. The largest absolute Gasteiger partial charge is 0.354 e. The van der Waals surface area contributed by atoms with Crippen LogP contribution in [0, 0.1) is 0 Å². The molecule has 0 radical (unpaired) electrons. The molecule has 3 aromatic carbocycles. The second kappa shape index (κ2) is 12.2. The van der Waals surface area contributed by atoms with Crippen molar-refractivity contribution < 1.29 is 14.4 Å². The second-order valence-electron chi connectivity index (χ2n) is 10.0. The molecule has 2 aliphatic heterocycles. The van der Waals surface area contributed by atoms with E-state index >= 15 is 0 Å². The van der Waals surface area contributed by atoms with Crippen LogP contribution in [0.25, 0.3) is 0 Å². The molecular formula is C30H29BrCl2N4O3. The molecule has 3 aromatic rings. The maximum Gasteiger partial charge on any atom is 0.255 e. The van der Waals surface area contributed by atoms with Crippen molar-refractivity contribution >= 4 is 62.5 Å². The normalized spacial score (nSPS) is 16.5. The molecule has 0 aliphatic carbocycles. The Balaban J connectivity index is 1.26. The Kier molecular flexibility index (Phi) is 8.68. The van der Waals surface area contributed by atoms with Crippen molar-refractivity contribution in [1.82, 2.24) is 15.1 Å². The van der Waals surface area contributed by atoms with Crippen LogP contribution in [0.2, 0.25) is 10.0 Å². The van der Waals surface area contributed by atoms with Gasteiger partial charge in [-0.05, 0) is 77.2 Å². The molecule has 1 spiro atoms. The van der Waals surface area contributed by atoms with Crippen LogP contribution in [-0.4, -0.2) is 65.9 Å². The van der Waals surface area contributed by atoms with E-state index in [4.69, 9.17) is 23.2 Å². The summed E-state index contributed by atoms with van der Waals surface area (Å²) in [7, 11) is 0. The highest BCUT2D eigenvalue weighted by molar-refractivity contribution is 9.10. The van der Waals surface area contributed by atoms with E-state index in [9.17, 15) is 14.4 Å². The summed E-state index contributed by atoms with van der Waals surface area (Å²) in [6.45, 7) is 1.53. The number of rotatable bonds is 7. The lowest BCUT2D eigenvalue weighted by Crippen LogP contribution is -2.57. The van der Waals surface area contributed by atoms with Gasteiger partial charge in [0.15, 0.2) is 0 Å².